The van der Waals surface area contributed by atoms with Crippen molar-refractivity contribution in [2.24, 2.45) is 0 Å². The fraction of sp³-hybridized carbons (Fsp3) is 0.467. The summed E-state index contributed by atoms with van der Waals surface area (Å²) in [7, 11) is 0. The summed E-state index contributed by atoms with van der Waals surface area (Å²) < 4.78 is 0. The molecule has 1 saturated heterocycles. The number of likely N-dealkylation sites (tertiary alicyclic amines) is 1. The van der Waals surface area contributed by atoms with Crippen LogP contribution in [0.5, 0.6) is 0 Å². The molecular weight excluding hydrogens is 252 g/mol. The van der Waals surface area contributed by atoms with Crippen LogP contribution in [-0.4, -0.2) is 40.5 Å². The van der Waals surface area contributed by atoms with Gasteiger partial charge in [-0.25, -0.2) is 9.78 Å². The first-order chi connectivity index (χ1) is 9.78. The zero-order valence-electron chi connectivity index (χ0n) is 11.7. The van der Waals surface area contributed by atoms with Crippen LogP contribution in [0.25, 0.3) is 11.0 Å². The number of nitrogens with one attached hydrogen (secondary N) is 2. The summed E-state index contributed by atoms with van der Waals surface area (Å²) in [6.45, 7) is 4.25. The van der Waals surface area contributed by atoms with E-state index in [-0.39, 0.29) is 6.03 Å². The Morgan fingerprint density at radius 1 is 1.60 bits per heavy atom. The molecule has 1 aliphatic heterocycles. The Morgan fingerprint density at radius 2 is 2.50 bits per heavy atom. The first kappa shape index (κ1) is 13.0. The van der Waals surface area contributed by atoms with Gasteiger partial charge < -0.3 is 15.2 Å². The van der Waals surface area contributed by atoms with Crippen molar-refractivity contribution in [3.8, 4) is 0 Å². The normalized spacial score (nSPS) is 19.2. The maximum Gasteiger partial charge on any atom is 0.317 e. The third-order valence-electron chi connectivity index (χ3n) is 3.89. The lowest BCUT2D eigenvalue weighted by molar-refractivity contribution is 0.179. The van der Waals surface area contributed by atoms with Crippen molar-refractivity contribution in [3.05, 3.63) is 30.1 Å². The monoisotopic (exact) mass is 272 g/mol. The van der Waals surface area contributed by atoms with Gasteiger partial charge in [-0.3, -0.25) is 0 Å². The van der Waals surface area contributed by atoms with E-state index in [0.29, 0.717) is 12.5 Å². The molecule has 3 heterocycles. The third-order valence-corrected chi connectivity index (χ3v) is 3.89. The molecule has 0 spiro atoms. The van der Waals surface area contributed by atoms with Gasteiger partial charge in [0.2, 0.25) is 0 Å². The van der Waals surface area contributed by atoms with Crippen LogP contribution in [0.3, 0.4) is 0 Å². The topological polar surface area (TPSA) is 61.0 Å². The Kier molecular flexibility index (Phi) is 3.58. The van der Waals surface area contributed by atoms with Crippen molar-refractivity contribution >= 4 is 17.1 Å². The molecule has 0 bridgehead atoms. The quantitative estimate of drug-likeness (QED) is 0.882. The molecule has 5 nitrogen and oxygen atoms in total. The zero-order valence-corrected chi connectivity index (χ0v) is 11.7. The van der Waals surface area contributed by atoms with Crippen molar-refractivity contribution < 1.29 is 4.79 Å². The minimum Gasteiger partial charge on any atom is -0.343 e. The van der Waals surface area contributed by atoms with Crippen molar-refractivity contribution in [2.75, 3.05) is 19.6 Å². The van der Waals surface area contributed by atoms with Crippen molar-refractivity contribution in [3.63, 3.8) is 0 Å². The van der Waals surface area contributed by atoms with Gasteiger partial charge in [-0.15, -0.1) is 0 Å². The van der Waals surface area contributed by atoms with Gasteiger partial charge in [0.1, 0.15) is 5.65 Å². The van der Waals surface area contributed by atoms with Crippen LogP contribution in [-0.2, 0) is 0 Å². The lowest BCUT2D eigenvalue weighted by Crippen LogP contribution is -2.44. The molecule has 2 aromatic rings. The molecule has 106 valence electrons. The average molecular weight is 272 g/mol. The molecule has 2 aromatic heterocycles. The highest BCUT2D eigenvalue weighted by Gasteiger charge is 2.25. The van der Waals surface area contributed by atoms with Gasteiger partial charge in [0.25, 0.3) is 0 Å². The highest BCUT2D eigenvalue weighted by Crippen LogP contribution is 2.28. The van der Waals surface area contributed by atoms with Crippen LogP contribution in [0.15, 0.2) is 24.4 Å². The molecule has 1 atom stereocenters. The van der Waals surface area contributed by atoms with Crippen LogP contribution >= 0.6 is 0 Å². The molecule has 1 unspecified atom stereocenters. The number of hydrogen-bond acceptors (Lipinski definition) is 2. The summed E-state index contributed by atoms with van der Waals surface area (Å²) in [4.78, 5) is 21.6. The summed E-state index contributed by atoms with van der Waals surface area (Å²) >= 11 is 0. The molecule has 20 heavy (non-hydrogen) atoms. The van der Waals surface area contributed by atoms with E-state index >= 15 is 0 Å². The van der Waals surface area contributed by atoms with E-state index in [1.165, 1.54) is 5.69 Å². The number of urea groups is 1. The Bertz CT molecular complexity index is 574. The lowest BCUT2D eigenvalue weighted by Gasteiger charge is -2.32. The number of nitrogens with zero attached hydrogens (tertiary/aromatic N) is 2. The molecule has 0 radical (unpaired) electrons. The number of H-pyrrole nitrogens is 1. The Morgan fingerprint density at radius 3 is 3.30 bits per heavy atom. The third kappa shape index (κ3) is 2.48. The molecule has 1 aliphatic rings. The SMILES string of the molecule is CCNC(=O)N1CCCC(c2cc3cccnc3[nH]2)C1. The fourth-order valence-electron chi connectivity index (χ4n) is 2.88. The Labute approximate surface area is 118 Å². The summed E-state index contributed by atoms with van der Waals surface area (Å²) in [6.07, 6.45) is 3.96. The predicted molar refractivity (Wildman–Crippen MR) is 78.7 cm³/mol. The highest BCUT2D eigenvalue weighted by atomic mass is 16.2. The van der Waals surface area contributed by atoms with Gasteiger partial charge in [0.05, 0.1) is 0 Å². The maximum atomic E-state index is 11.9. The Balaban J connectivity index is 1.77. The number of carbonyl (C=O) groups excluding carboxylic acids is 1. The second-order valence-electron chi connectivity index (χ2n) is 5.29. The summed E-state index contributed by atoms with van der Waals surface area (Å²) in [5.41, 5.74) is 2.12. The van der Waals surface area contributed by atoms with Crippen molar-refractivity contribution in [1.82, 2.24) is 20.2 Å². The standard InChI is InChI=1S/C15H20N4O/c1-2-16-15(20)19-8-4-6-12(10-19)13-9-11-5-3-7-17-14(11)18-13/h3,5,7,9,12H,2,4,6,8,10H2,1H3,(H,16,20)(H,17,18). The average Bonchev–Trinajstić information content (AvgIpc) is 2.91. The largest absolute Gasteiger partial charge is 0.343 e. The number of rotatable bonds is 2. The fourth-order valence-corrected chi connectivity index (χ4v) is 2.88. The molecule has 2 amide bonds. The number of amides is 2. The number of aromatic amines is 1. The van der Waals surface area contributed by atoms with Gasteiger partial charge in [0.15, 0.2) is 0 Å². The Hall–Kier alpha value is -2.04. The minimum absolute atomic E-state index is 0.0476. The van der Waals surface area contributed by atoms with Gasteiger partial charge in [0, 0.05) is 42.8 Å². The number of carbonyl (C=O) groups is 1. The predicted octanol–water partition coefficient (Wildman–Crippen LogP) is 2.47. The zero-order chi connectivity index (χ0) is 13.9. The van der Waals surface area contributed by atoms with Crippen molar-refractivity contribution in [1.29, 1.82) is 0 Å². The molecule has 0 aliphatic carbocycles. The number of pyridine rings is 1. The molecule has 1 fully saturated rings. The van der Waals surface area contributed by atoms with E-state index in [2.05, 4.69) is 27.4 Å². The maximum absolute atomic E-state index is 11.9. The molecule has 2 N–H and O–H groups in total. The van der Waals surface area contributed by atoms with Crippen LogP contribution in [0.2, 0.25) is 0 Å². The number of piperidine rings is 1. The van der Waals surface area contributed by atoms with E-state index in [4.69, 9.17) is 0 Å². The van der Waals surface area contributed by atoms with Gasteiger partial charge in [-0.2, -0.15) is 0 Å². The van der Waals surface area contributed by atoms with E-state index in [1.807, 2.05) is 17.9 Å². The molecular formula is C15H20N4O. The number of hydrogen-bond donors (Lipinski definition) is 2. The summed E-state index contributed by atoms with van der Waals surface area (Å²) in [5, 5.41) is 4.01. The highest BCUT2D eigenvalue weighted by molar-refractivity contribution is 5.77. The second-order valence-corrected chi connectivity index (χ2v) is 5.29. The van der Waals surface area contributed by atoms with Gasteiger partial charge in [-0.1, -0.05) is 0 Å². The molecule has 0 saturated carbocycles. The van der Waals surface area contributed by atoms with E-state index in [9.17, 15) is 4.79 Å². The smallest absolute Gasteiger partial charge is 0.317 e. The van der Waals surface area contributed by atoms with Crippen LogP contribution in [0, 0.1) is 0 Å². The first-order valence-electron chi connectivity index (χ1n) is 7.24. The van der Waals surface area contributed by atoms with Crippen LogP contribution < -0.4 is 5.32 Å². The molecule has 0 aromatic carbocycles. The van der Waals surface area contributed by atoms with E-state index in [1.54, 1.807) is 6.20 Å². The lowest BCUT2D eigenvalue weighted by atomic mass is 9.95. The summed E-state index contributed by atoms with van der Waals surface area (Å²) in [5.74, 6) is 0.376. The van der Waals surface area contributed by atoms with E-state index in [0.717, 1.165) is 37.0 Å². The van der Waals surface area contributed by atoms with Gasteiger partial charge in [-0.05, 0) is 38.0 Å². The molecule has 5 heteroatoms. The molecule has 3 rings (SSSR count). The van der Waals surface area contributed by atoms with Crippen LogP contribution in [0.4, 0.5) is 4.79 Å². The number of fused-ring (bicyclic) bond motifs is 1. The van der Waals surface area contributed by atoms with Crippen LogP contribution in [0.1, 0.15) is 31.4 Å². The number of aromatic nitrogens is 2. The summed E-state index contributed by atoms with van der Waals surface area (Å²) in [6, 6.07) is 6.22. The van der Waals surface area contributed by atoms with E-state index < -0.39 is 0 Å². The first-order valence-corrected chi connectivity index (χ1v) is 7.24. The minimum atomic E-state index is 0.0476. The second kappa shape index (κ2) is 5.53. The van der Waals surface area contributed by atoms with Crippen molar-refractivity contribution in [2.45, 2.75) is 25.7 Å². The van der Waals surface area contributed by atoms with Gasteiger partial charge >= 0.3 is 6.03 Å².